The molecule has 0 spiro atoms. The Morgan fingerprint density at radius 3 is 2.53 bits per heavy atom. The van der Waals surface area contributed by atoms with Crippen LogP contribution >= 0.6 is 0 Å². The van der Waals surface area contributed by atoms with Gasteiger partial charge in [0.05, 0.1) is 19.4 Å². The molecule has 0 aliphatic carbocycles. The van der Waals surface area contributed by atoms with Crippen LogP contribution < -0.4 is 10.6 Å². The molecule has 1 aromatic heterocycles. The van der Waals surface area contributed by atoms with Crippen LogP contribution in [-0.2, 0) is 0 Å². The SMILES string of the molecule is O=c1ncc(F)c(N(CCO)CCO)[nH]1. The van der Waals surface area contributed by atoms with Gasteiger partial charge in [0.2, 0.25) is 0 Å². The topological polar surface area (TPSA) is 89.5 Å². The average Bonchev–Trinajstić information content (AvgIpc) is 2.21. The number of rotatable bonds is 5. The van der Waals surface area contributed by atoms with Crippen molar-refractivity contribution in [2.75, 3.05) is 31.2 Å². The van der Waals surface area contributed by atoms with E-state index in [-0.39, 0.29) is 32.1 Å². The number of nitrogens with one attached hydrogen (secondary N) is 1. The van der Waals surface area contributed by atoms with Gasteiger partial charge >= 0.3 is 5.69 Å². The molecule has 7 heteroatoms. The largest absolute Gasteiger partial charge is 0.395 e. The quantitative estimate of drug-likeness (QED) is 0.570. The maximum Gasteiger partial charge on any atom is 0.346 e. The second kappa shape index (κ2) is 5.42. The Bertz CT molecular complexity index is 362. The van der Waals surface area contributed by atoms with Crippen molar-refractivity contribution >= 4 is 5.82 Å². The zero-order valence-corrected chi connectivity index (χ0v) is 7.98. The average molecular weight is 217 g/mol. The number of hydrogen-bond donors (Lipinski definition) is 3. The van der Waals surface area contributed by atoms with Crippen LogP contribution in [0.15, 0.2) is 11.0 Å². The fourth-order valence-electron chi connectivity index (χ4n) is 1.18. The Labute approximate surface area is 85.0 Å². The van der Waals surface area contributed by atoms with E-state index in [0.717, 1.165) is 6.20 Å². The van der Waals surface area contributed by atoms with Crippen molar-refractivity contribution in [1.82, 2.24) is 9.97 Å². The van der Waals surface area contributed by atoms with Crippen molar-refractivity contribution in [3.63, 3.8) is 0 Å². The van der Waals surface area contributed by atoms with Crippen molar-refractivity contribution in [2.24, 2.45) is 0 Å². The third-order valence-electron chi connectivity index (χ3n) is 1.80. The van der Waals surface area contributed by atoms with E-state index in [4.69, 9.17) is 10.2 Å². The normalized spacial score (nSPS) is 10.3. The Hall–Kier alpha value is -1.47. The molecule has 0 amide bonds. The smallest absolute Gasteiger partial charge is 0.346 e. The van der Waals surface area contributed by atoms with E-state index in [0.29, 0.717) is 0 Å². The lowest BCUT2D eigenvalue weighted by molar-refractivity contribution is 0.280. The molecular weight excluding hydrogens is 205 g/mol. The second-order valence-corrected chi connectivity index (χ2v) is 2.82. The molecule has 0 aromatic carbocycles. The van der Waals surface area contributed by atoms with Crippen LogP contribution in [0, 0.1) is 5.82 Å². The fraction of sp³-hybridized carbons (Fsp3) is 0.500. The summed E-state index contributed by atoms with van der Waals surface area (Å²) in [5.41, 5.74) is -0.674. The monoisotopic (exact) mass is 217 g/mol. The van der Waals surface area contributed by atoms with E-state index in [1.165, 1.54) is 4.90 Å². The van der Waals surface area contributed by atoms with Gasteiger partial charge in [-0.15, -0.1) is 0 Å². The molecule has 3 N–H and O–H groups in total. The summed E-state index contributed by atoms with van der Waals surface area (Å²) in [5, 5.41) is 17.5. The van der Waals surface area contributed by atoms with E-state index in [1.807, 2.05) is 0 Å². The summed E-state index contributed by atoms with van der Waals surface area (Å²) in [6.45, 7) is -0.164. The van der Waals surface area contributed by atoms with Crippen LogP contribution in [-0.4, -0.2) is 46.5 Å². The molecule has 6 nitrogen and oxygen atoms in total. The molecule has 0 unspecified atom stereocenters. The molecule has 0 bridgehead atoms. The predicted molar refractivity (Wildman–Crippen MR) is 51.2 cm³/mol. The van der Waals surface area contributed by atoms with Gasteiger partial charge in [0.15, 0.2) is 5.82 Å². The van der Waals surface area contributed by atoms with Crippen molar-refractivity contribution in [3.8, 4) is 0 Å². The predicted octanol–water partition coefficient (Wildman–Crippen LogP) is -1.30. The zero-order valence-electron chi connectivity index (χ0n) is 7.98. The van der Waals surface area contributed by atoms with E-state index < -0.39 is 11.5 Å². The van der Waals surface area contributed by atoms with Gasteiger partial charge in [0.1, 0.15) is 5.82 Å². The lowest BCUT2D eigenvalue weighted by atomic mass is 10.4. The van der Waals surface area contributed by atoms with Gasteiger partial charge in [-0.25, -0.2) is 9.18 Å². The van der Waals surface area contributed by atoms with Crippen molar-refractivity contribution in [1.29, 1.82) is 0 Å². The summed E-state index contributed by atoms with van der Waals surface area (Å²) >= 11 is 0. The number of aromatic nitrogens is 2. The first-order valence-electron chi connectivity index (χ1n) is 4.40. The van der Waals surface area contributed by atoms with Crippen LogP contribution in [0.4, 0.5) is 10.2 Å². The van der Waals surface area contributed by atoms with Gasteiger partial charge in [-0.2, -0.15) is 4.98 Å². The van der Waals surface area contributed by atoms with Crippen LogP contribution in [0.3, 0.4) is 0 Å². The van der Waals surface area contributed by atoms with Gasteiger partial charge in [0, 0.05) is 13.1 Å². The van der Waals surface area contributed by atoms with Gasteiger partial charge in [-0.3, -0.25) is 4.98 Å². The highest BCUT2D eigenvalue weighted by Crippen LogP contribution is 2.11. The summed E-state index contributed by atoms with van der Waals surface area (Å²) in [6.07, 6.45) is 0.802. The highest BCUT2D eigenvalue weighted by molar-refractivity contribution is 5.38. The van der Waals surface area contributed by atoms with Crippen molar-refractivity contribution in [2.45, 2.75) is 0 Å². The molecule has 0 radical (unpaired) electrons. The highest BCUT2D eigenvalue weighted by atomic mass is 19.1. The van der Waals surface area contributed by atoms with E-state index in [1.54, 1.807) is 0 Å². The van der Waals surface area contributed by atoms with E-state index in [9.17, 15) is 9.18 Å². The molecule has 0 aliphatic heterocycles. The minimum atomic E-state index is -0.698. The molecule has 0 aliphatic rings. The summed E-state index contributed by atoms with van der Waals surface area (Å²) in [7, 11) is 0. The summed E-state index contributed by atoms with van der Waals surface area (Å²) < 4.78 is 13.2. The Morgan fingerprint density at radius 1 is 1.40 bits per heavy atom. The molecule has 15 heavy (non-hydrogen) atoms. The maximum atomic E-state index is 13.2. The fourth-order valence-corrected chi connectivity index (χ4v) is 1.18. The number of nitrogens with zero attached hydrogens (tertiary/aromatic N) is 2. The molecule has 1 heterocycles. The van der Waals surface area contributed by atoms with E-state index in [2.05, 4.69) is 9.97 Å². The molecule has 1 rings (SSSR count). The van der Waals surface area contributed by atoms with Crippen molar-refractivity contribution in [3.05, 3.63) is 22.5 Å². The first-order valence-corrected chi connectivity index (χ1v) is 4.40. The summed E-state index contributed by atoms with van der Waals surface area (Å²) in [5.74, 6) is -0.769. The van der Waals surface area contributed by atoms with Gasteiger partial charge < -0.3 is 15.1 Å². The number of H-pyrrole nitrogens is 1. The van der Waals surface area contributed by atoms with Gasteiger partial charge in [0.25, 0.3) is 0 Å². The standard InChI is InChI=1S/C8H12FN3O3/c9-6-5-10-8(15)11-7(6)12(1-3-13)2-4-14/h5,13-14H,1-4H2,(H,10,11,15). The van der Waals surface area contributed by atoms with Crippen LogP contribution in [0.1, 0.15) is 0 Å². The zero-order chi connectivity index (χ0) is 11.3. The Balaban J connectivity index is 2.98. The van der Waals surface area contributed by atoms with Crippen LogP contribution in [0.5, 0.6) is 0 Å². The molecule has 0 saturated heterocycles. The second-order valence-electron chi connectivity index (χ2n) is 2.82. The molecule has 1 aromatic rings. The van der Waals surface area contributed by atoms with Crippen LogP contribution in [0.2, 0.25) is 0 Å². The maximum absolute atomic E-state index is 13.2. The minimum Gasteiger partial charge on any atom is -0.395 e. The Kier molecular flexibility index (Phi) is 4.19. The number of aliphatic hydroxyl groups is 2. The lowest BCUT2D eigenvalue weighted by Crippen LogP contribution is -2.33. The van der Waals surface area contributed by atoms with E-state index >= 15 is 0 Å². The molecule has 0 atom stereocenters. The van der Waals surface area contributed by atoms with Gasteiger partial charge in [-0.1, -0.05) is 0 Å². The number of halogens is 1. The number of aromatic amines is 1. The third kappa shape index (κ3) is 3.00. The number of aliphatic hydroxyl groups excluding tert-OH is 2. The summed E-state index contributed by atoms with van der Waals surface area (Å²) in [6, 6.07) is 0. The van der Waals surface area contributed by atoms with Crippen LogP contribution in [0.25, 0.3) is 0 Å². The first kappa shape index (κ1) is 11.6. The highest BCUT2D eigenvalue weighted by Gasteiger charge is 2.11. The molecule has 0 saturated carbocycles. The van der Waals surface area contributed by atoms with Crippen molar-refractivity contribution < 1.29 is 14.6 Å². The molecular formula is C8H12FN3O3. The lowest BCUT2D eigenvalue weighted by Gasteiger charge is -2.22. The number of hydrogen-bond acceptors (Lipinski definition) is 5. The summed E-state index contributed by atoms with van der Waals surface area (Å²) in [4.78, 5) is 17.6. The molecule has 84 valence electrons. The molecule has 0 fully saturated rings. The minimum absolute atomic E-state index is 0.0712. The first-order chi connectivity index (χ1) is 7.19. The Morgan fingerprint density at radius 2 is 2.00 bits per heavy atom. The third-order valence-corrected chi connectivity index (χ3v) is 1.80. The number of anilines is 1. The van der Waals surface area contributed by atoms with Gasteiger partial charge in [-0.05, 0) is 0 Å².